The van der Waals surface area contributed by atoms with E-state index in [1.165, 1.54) is 0 Å². The fourth-order valence-corrected chi connectivity index (χ4v) is 2.05. The van der Waals surface area contributed by atoms with Crippen LogP contribution in [0, 0.1) is 6.92 Å². The van der Waals surface area contributed by atoms with Crippen LogP contribution in [0.25, 0.3) is 0 Å². The van der Waals surface area contributed by atoms with Gasteiger partial charge in [-0.2, -0.15) is 0 Å². The fourth-order valence-electron chi connectivity index (χ4n) is 2.05. The topological polar surface area (TPSA) is 46.3 Å². The van der Waals surface area contributed by atoms with E-state index in [-0.39, 0.29) is 5.91 Å². The van der Waals surface area contributed by atoms with E-state index in [2.05, 4.69) is 0 Å². The van der Waals surface area contributed by atoms with Crippen molar-refractivity contribution in [2.75, 3.05) is 17.2 Å². The number of rotatable bonds is 3. The summed E-state index contributed by atoms with van der Waals surface area (Å²) in [4.78, 5) is 14.2. The van der Waals surface area contributed by atoms with Crippen LogP contribution in [0.15, 0.2) is 48.5 Å². The third kappa shape index (κ3) is 2.76. The van der Waals surface area contributed by atoms with E-state index in [1.54, 1.807) is 4.90 Å². The van der Waals surface area contributed by atoms with E-state index < -0.39 is 0 Å². The third-order valence-electron chi connectivity index (χ3n) is 3.06. The summed E-state index contributed by atoms with van der Waals surface area (Å²) in [6, 6.07) is 15.0. The molecule has 19 heavy (non-hydrogen) atoms. The minimum absolute atomic E-state index is 0.0274. The molecular weight excluding hydrogens is 236 g/mol. The largest absolute Gasteiger partial charge is 0.397 e. The maximum atomic E-state index is 12.5. The van der Waals surface area contributed by atoms with E-state index >= 15 is 0 Å². The molecule has 2 N–H and O–H groups in total. The summed E-state index contributed by atoms with van der Waals surface area (Å²) in [6.07, 6.45) is 0. The maximum Gasteiger partial charge on any atom is 0.258 e. The molecular formula is C16H18N2O. The van der Waals surface area contributed by atoms with E-state index in [4.69, 9.17) is 5.73 Å². The average Bonchev–Trinajstić information content (AvgIpc) is 2.44. The first-order valence-electron chi connectivity index (χ1n) is 6.36. The lowest BCUT2D eigenvalue weighted by molar-refractivity contribution is 0.0988. The number of aryl methyl sites for hydroxylation is 1. The molecule has 2 rings (SSSR count). The molecule has 0 saturated heterocycles. The maximum absolute atomic E-state index is 12.5. The molecule has 0 aliphatic rings. The Morgan fingerprint density at radius 2 is 1.84 bits per heavy atom. The Labute approximate surface area is 113 Å². The van der Waals surface area contributed by atoms with Crippen molar-refractivity contribution in [1.82, 2.24) is 0 Å². The minimum atomic E-state index is -0.0274. The standard InChI is InChI=1S/C16H18N2O/c1-3-18(15-11-12(2)9-10-14(15)17)16(19)13-7-5-4-6-8-13/h4-11H,3,17H2,1-2H3. The smallest absolute Gasteiger partial charge is 0.258 e. The van der Waals surface area contributed by atoms with E-state index in [0.717, 1.165) is 11.3 Å². The molecule has 0 heterocycles. The zero-order valence-electron chi connectivity index (χ0n) is 11.3. The van der Waals surface area contributed by atoms with Crippen LogP contribution in [0.5, 0.6) is 0 Å². The number of carbonyl (C=O) groups excluding carboxylic acids is 1. The van der Waals surface area contributed by atoms with Crippen LogP contribution < -0.4 is 10.6 Å². The summed E-state index contributed by atoms with van der Waals surface area (Å²) < 4.78 is 0. The molecule has 2 aromatic carbocycles. The van der Waals surface area contributed by atoms with Gasteiger partial charge in [-0.1, -0.05) is 24.3 Å². The number of anilines is 2. The van der Waals surface area contributed by atoms with Crippen molar-refractivity contribution in [3.05, 3.63) is 59.7 Å². The second kappa shape index (κ2) is 5.57. The molecule has 0 aliphatic carbocycles. The molecule has 0 radical (unpaired) electrons. The summed E-state index contributed by atoms with van der Waals surface area (Å²) in [7, 11) is 0. The van der Waals surface area contributed by atoms with Gasteiger partial charge in [0.25, 0.3) is 5.91 Å². The van der Waals surface area contributed by atoms with Crippen molar-refractivity contribution in [2.45, 2.75) is 13.8 Å². The lowest BCUT2D eigenvalue weighted by Crippen LogP contribution is -2.31. The average molecular weight is 254 g/mol. The molecule has 0 saturated carbocycles. The Morgan fingerprint density at radius 3 is 2.47 bits per heavy atom. The van der Waals surface area contributed by atoms with Gasteiger partial charge in [-0.25, -0.2) is 0 Å². The molecule has 0 fully saturated rings. The van der Waals surface area contributed by atoms with Gasteiger partial charge in [0, 0.05) is 12.1 Å². The number of nitrogen functional groups attached to an aromatic ring is 1. The Kier molecular flexibility index (Phi) is 3.85. The zero-order valence-corrected chi connectivity index (χ0v) is 11.3. The number of benzene rings is 2. The Hall–Kier alpha value is -2.29. The highest BCUT2D eigenvalue weighted by Crippen LogP contribution is 2.25. The Bertz CT molecular complexity index is 579. The second-order valence-electron chi connectivity index (χ2n) is 4.48. The van der Waals surface area contributed by atoms with Gasteiger partial charge >= 0.3 is 0 Å². The van der Waals surface area contributed by atoms with Crippen LogP contribution in [-0.4, -0.2) is 12.5 Å². The number of nitrogens with two attached hydrogens (primary N) is 1. The first-order valence-corrected chi connectivity index (χ1v) is 6.36. The molecule has 3 nitrogen and oxygen atoms in total. The number of carbonyl (C=O) groups is 1. The molecule has 0 aromatic heterocycles. The van der Waals surface area contributed by atoms with Crippen LogP contribution in [-0.2, 0) is 0 Å². The van der Waals surface area contributed by atoms with Gasteiger partial charge in [0.1, 0.15) is 0 Å². The number of nitrogens with zero attached hydrogens (tertiary/aromatic N) is 1. The van der Waals surface area contributed by atoms with Crippen molar-refractivity contribution in [3.63, 3.8) is 0 Å². The minimum Gasteiger partial charge on any atom is -0.397 e. The highest BCUT2D eigenvalue weighted by Gasteiger charge is 2.17. The monoisotopic (exact) mass is 254 g/mol. The first-order chi connectivity index (χ1) is 9.13. The van der Waals surface area contributed by atoms with Gasteiger partial charge in [-0.15, -0.1) is 0 Å². The summed E-state index contributed by atoms with van der Waals surface area (Å²) in [6.45, 7) is 4.52. The van der Waals surface area contributed by atoms with Gasteiger partial charge in [0.05, 0.1) is 11.4 Å². The summed E-state index contributed by atoms with van der Waals surface area (Å²) >= 11 is 0. The SMILES string of the molecule is CCN(C(=O)c1ccccc1)c1cc(C)ccc1N. The van der Waals surface area contributed by atoms with Crippen molar-refractivity contribution in [2.24, 2.45) is 0 Å². The molecule has 0 aliphatic heterocycles. The molecule has 0 unspecified atom stereocenters. The lowest BCUT2D eigenvalue weighted by Gasteiger charge is -2.23. The van der Waals surface area contributed by atoms with Crippen LogP contribution in [0.1, 0.15) is 22.8 Å². The Morgan fingerprint density at radius 1 is 1.16 bits per heavy atom. The van der Waals surface area contributed by atoms with Gasteiger partial charge in [-0.05, 0) is 43.7 Å². The fraction of sp³-hybridized carbons (Fsp3) is 0.188. The van der Waals surface area contributed by atoms with Gasteiger partial charge in [-0.3, -0.25) is 4.79 Å². The predicted molar refractivity (Wildman–Crippen MR) is 79.4 cm³/mol. The summed E-state index contributed by atoms with van der Waals surface area (Å²) in [5.41, 5.74) is 9.14. The lowest BCUT2D eigenvalue weighted by atomic mass is 10.1. The van der Waals surface area contributed by atoms with Crippen molar-refractivity contribution in [3.8, 4) is 0 Å². The van der Waals surface area contributed by atoms with Crippen molar-refractivity contribution in [1.29, 1.82) is 0 Å². The van der Waals surface area contributed by atoms with Crippen LogP contribution in [0.3, 0.4) is 0 Å². The first kappa shape index (κ1) is 13.1. The van der Waals surface area contributed by atoms with Crippen molar-refractivity contribution < 1.29 is 4.79 Å². The summed E-state index contributed by atoms with van der Waals surface area (Å²) in [5, 5.41) is 0. The van der Waals surface area contributed by atoms with Gasteiger partial charge in [0.2, 0.25) is 0 Å². The third-order valence-corrected chi connectivity index (χ3v) is 3.06. The molecule has 98 valence electrons. The predicted octanol–water partition coefficient (Wildman–Crippen LogP) is 3.24. The zero-order chi connectivity index (χ0) is 13.8. The van der Waals surface area contributed by atoms with Gasteiger partial charge in [0.15, 0.2) is 0 Å². The van der Waals surface area contributed by atoms with E-state index in [0.29, 0.717) is 17.8 Å². The van der Waals surface area contributed by atoms with E-state index in [1.807, 2.05) is 62.4 Å². The number of amides is 1. The number of hydrogen-bond donors (Lipinski definition) is 1. The molecule has 0 spiro atoms. The summed E-state index contributed by atoms with van der Waals surface area (Å²) in [5.74, 6) is -0.0274. The molecule has 0 bridgehead atoms. The number of hydrogen-bond acceptors (Lipinski definition) is 2. The molecule has 3 heteroatoms. The molecule has 1 amide bonds. The van der Waals surface area contributed by atoms with Crippen molar-refractivity contribution >= 4 is 17.3 Å². The second-order valence-corrected chi connectivity index (χ2v) is 4.48. The Balaban J connectivity index is 2.40. The normalized spacial score (nSPS) is 10.2. The molecule has 0 atom stereocenters. The van der Waals surface area contributed by atoms with Gasteiger partial charge < -0.3 is 10.6 Å². The quantitative estimate of drug-likeness (QED) is 0.855. The van der Waals surface area contributed by atoms with Crippen LogP contribution in [0.4, 0.5) is 11.4 Å². The molecule has 2 aromatic rings. The van der Waals surface area contributed by atoms with Crippen LogP contribution in [0.2, 0.25) is 0 Å². The highest BCUT2D eigenvalue weighted by atomic mass is 16.2. The van der Waals surface area contributed by atoms with Crippen LogP contribution >= 0.6 is 0 Å². The van der Waals surface area contributed by atoms with E-state index in [9.17, 15) is 4.79 Å². The highest BCUT2D eigenvalue weighted by molar-refractivity contribution is 6.07.